The van der Waals surface area contributed by atoms with Gasteiger partial charge >= 0.3 is 0 Å². The van der Waals surface area contributed by atoms with Crippen molar-refractivity contribution < 1.29 is 4.79 Å². The van der Waals surface area contributed by atoms with E-state index in [9.17, 15) is 4.79 Å². The number of hydrogen-bond acceptors (Lipinski definition) is 6. The first-order valence-corrected chi connectivity index (χ1v) is 10.5. The normalized spacial score (nSPS) is 18.7. The highest BCUT2D eigenvalue weighted by atomic mass is 16.1. The third-order valence-corrected chi connectivity index (χ3v) is 5.64. The third kappa shape index (κ3) is 4.67. The lowest BCUT2D eigenvalue weighted by atomic mass is 9.86. The number of pyridine rings is 1. The van der Waals surface area contributed by atoms with Gasteiger partial charge in [-0.2, -0.15) is 4.98 Å². The van der Waals surface area contributed by atoms with E-state index in [-0.39, 0.29) is 5.91 Å². The fraction of sp³-hybridized carbons (Fsp3) is 0.391. The number of amides is 1. The molecule has 7 nitrogen and oxygen atoms in total. The number of hydrogen-bond donors (Lipinski definition) is 2. The summed E-state index contributed by atoms with van der Waals surface area (Å²) in [6, 6.07) is 13.8. The maximum absolute atomic E-state index is 12.2. The van der Waals surface area contributed by atoms with Crippen LogP contribution in [-0.4, -0.2) is 47.5 Å². The fourth-order valence-electron chi connectivity index (χ4n) is 3.98. The van der Waals surface area contributed by atoms with Gasteiger partial charge in [0.2, 0.25) is 5.95 Å². The largest absolute Gasteiger partial charge is 0.362 e. The van der Waals surface area contributed by atoms with Crippen LogP contribution in [0.25, 0.3) is 10.9 Å². The first-order valence-electron chi connectivity index (χ1n) is 10.5. The standard InChI is InChI=1S/C23H28N6O/c1-29(2)21-18-7-3-4-8-19(18)27-23(28-21)26-17-12-10-16(11-13-17)15-25-22(30)20-9-5-6-14-24-20/h3-9,14,16-17H,10-13,15H2,1-2H3,(H,25,30)(H,26,27,28)/t16-,17+. The van der Waals surface area contributed by atoms with E-state index in [0.29, 0.717) is 30.1 Å². The van der Waals surface area contributed by atoms with Gasteiger partial charge in [-0.3, -0.25) is 9.78 Å². The minimum atomic E-state index is -0.100. The van der Waals surface area contributed by atoms with Gasteiger partial charge in [-0.1, -0.05) is 18.2 Å². The van der Waals surface area contributed by atoms with Crippen molar-refractivity contribution in [1.29, 1.82) is 0 Å². The van der Waals surface area contributed by atoms with Crippen LogP contribution in [0.5, 0.6) is 0 Å². The van der Waals surface area contributed by atoms with E-state index in [4.69, 9.17) is 9.97 Å². The first-order chi connectivity index (χ1) is 14.6. The number of nitrogens with zero attached hydrogens (tertiary/aromatic N) is 4. The van der Waals surface area contributed by atoms with Gasteiger partial charge in [0.05, 0.1) is 5.52 Å². The van der Waals surface area contributed by atoms with E-state index in [0.717, 1.165) is 42.4 Å². The number of nitrogens with one attached hydrogen (secondary N) is 2. The highest BCUT2D eigenvalue weighted by molar-refractivity contribution is 5.92. The molecule has 0 bridgehead atoms. The van der Waals surface area contributed by atoms with Gasteiger partial charge in [0.1, 0.15) is 11.5 Å². The molecule has 2 aromatic heterocycles. The van der Waals surface area contributed by atoms with Crippen molar-refractivity contribution in [3.05, 3.63) is 54.4 Å². The number of anilines is 2. The van der Waals surface area contributed by atoms with E-state index in [1.54, 1.807) is 12.3 Å². The second kappa shape index (κ2) is 9.07. The van der Waals surface area contributed by atoms with Crippen LogP contribution in [0.4, 0.5) is 11.8 Å². The molecule has 156 valence electrons. The second-order valence-corrected chi connectivity index (χ2v) is 8.07. The molecular formula is C23H28N6O. The number of fused-ring (bicyclic) bond motifs is 1. The number of carbonyl (C=O) groups is 1. The van der Waals surface area contributed by atoms with Gasteiger partial charge in [0.15, 0.2) is 0 Å². The smallest absolute Gasteiger partial charge is 0.269 e. The first kappa shape index (κ1) is 20.1. The Morgan fingerprint density at radius 3 is 2.53 bits per heavy atom. The predicted molar refractivity (Wildman–Crippen MR) is 120 cm³/mol. The average Bonchev–Trinajstić information content (AvgIpc) is 2.78. The topological polar surface area (TPSA) is 83.0 Å². The zero-order valence-electron chi connectivity index (χ0n) is 17.5. The van der Waals surface area contributed by atoms with Crippen LogP contribution >= 0.6 is 0 Å². The Bertz CT molecular complexity index is 999. The lowest BCUT2D eigenvalue weighted by molar-refractivity contribution is 0.0938. The molecule has 4 rings (SSSR count). The van der Waals surface area contributed by atoms with Gasteiger partial charge in [-0.15, -0.1) is 0 Å². The van der Waals surface area contributed by atoms with Crippen molar-refractivity contribution in [3.63, 3.8) is 0 Å². The van der Waals surface area contributed by atoms with Crippen LogP contribution in [0.15, 0.2) is 48.7 Å². The molecule has 2 heterocycles. The Morgan fingerprint density at radius 2 is 1.80 bits per heavy atom. The second-order valence-electron chi connectivity index (χ2n) is 8.07. The number of para-hydroxylation sites is 1. The van der Waals surface area contributed by atoms with Gasteiger partial charge in [0, 0.05) is 38.3 Å². The van der Waals surface area contributed by atoms with Gasteiger partial charge in [-0.05, 0) is 55.9 Å². The average molecular weight is 405 g/mol. The zero-order valence-corrected chi connectivity index (χ0v) is 17.5. The summed E-state index contributed by atoms with van der Waals surface area (Å²) >= 11 is 0. The molecule has 1 fully saturated rings. The van der Waals surface area contributed by atoms with Gasteiger partial charge in [0.25, 0.3) is 5.91 Å². The van der Waals surface area contributed by atoms with Crippen molar-refractivity contribution in [1.82, 2.24) is 20.3 Å². The van der Waals surface area contributed by atoms with E-state index >= 15 is 0 Å². The Kier molecular flexibility index (Phi) is 6.07. The molecule has 2 N–H and O–H groups in total. The summed E-state index contributed by atoms with van der Waals surface area (Å²) in [5, 5.41) is 7.61. The van der Waals surface area contributed by atoms with Crippen molar-refractivity contribution >= 4 is 28.6 Å². The lowest BCUT2D eigenvalue weighted by Crippen LogP contribution is -2.34. The van der Waals surface area contributed by atoms with Gasteiger partial charge in [-0.25, -0.2) is 4.98 Å². The van der Waals surface area contributed by atoms with Crippen LogP contribution in [0.1, 0.15) is 36.2 Å². The summed E-state index contributed by atoms with van der Waals surface area (Å²) in [4.78, 5) is 27.8. The molecule has 30 heavy (non-hydrogen) atoms. The summed E-state index contributed by atoms with van der Waals surface area (Å²) in [5.41, 5.74) is 1.42. The Balaban J connectivity index is 1.32. The van der Waals surface area contributed by atoms with Crippen molar-refractivity contribution in [2.45, 2.75) is 31.7 Å². The number of carbonyl (C=O) groups excluding carboxylic acids is 1. The maximum atomic E-state index is 12.2. The number of rotatable bonds is 6. The third-order valence-electron chi connectivity index (χ3n) is 5.64. The molecule has 1 aliphatic rings. The summed E-state index contributed by atoms with van der Waals surface area (Å²) < 4.78 is 0. The highest BCUT2D eigenvalue weighted by Crippen LogP contribution is 2.28. The van der Waals surface area contributed by atoms with Crippen LogP contribution in [0.2, 0.25) is 0 Å². The monoisotopic (exact) mass is 404 g/mol. The van der Waals surface area contributed by atoms with E-state index in [2.05, 4.69) is 21.7 Å². The Hall–Kier alpha value is -3.22. The SMILES string of the molecule is CN(C)c1nc(N[C@H]2CC[C@@H](CNC(=O)c3ccccn3)CC2)nc2ccccc12. The van der Waals surface area contributed by atoms with Crippen molar-refractivity contribution in [2.75, 3.05) is 30.9 Å². The highest BCUT2D eigenvalue weighted by Gasteiger charge is 2.23. The molecule has 1 aromatic carbocycles. The predicted octanol–water partition coefficient (Wildman–Crippen LogP) is 3.49. The minimum Gasteiger partial charge on any atom is -0.362 e. The lowest BCUT2D eigenvalue weighted by Gasteiger charge is -2.29. The van der Waals surface area contributed by atoms with E-state index in [1.807, 2.05) is 49.3 Å². The number of aromatic nitrogens is 3. The fourth-order valence-corrected chi connectivity index (χ4v) is 3.98. The van der Waals surface area contributed by atoms with E-state index in [1.165, 1.54) is 0 Å². The molecule has 0 spiro atoms. The minimum absolute atomic E-state index is 0.100. The molecule has 0 unspecified atom stereocenters. The van der Waals surface area contributed by atoms with E-state index < -0.39 is 0 Å². The summed E-state index contributed by atoms with van der Waals surface area (Å²) in [6.45, 7) is 0.694. The van der Waals surface area contributed by atoms with Crippen molar-refractivity contribution in [3.8, 4) is 0 Å². The Morgan fingerprint density at radius 1 is 1.03 bits per heavy atom. The number of benzene rings is 1. The Labute approximate surface area is 176 Å². The molecule has 0 saturated heterocycles. The zero-order chi connectivity index (χ0) is 20.9. The molecular weight excluding hydrogens is 376 g/mol. The molecule has 0 radical (unpaired) electrons. The van der Waals surface area contributed by atoms with Crippen LogP contribution in [0.3, 0.4) is 0 Å². The molecule has 7 heteroatoms. The molecule has 1 aliphatic carbocycles. The molecule has 0 atom stereocenters. The van der Waals surface area contributed by atoms with Crippen LogP contribution in [0, 0.1) is 5.92 Å². The van der Waals surface area contributed by atoms with Crippen LogP contribution in [-0.2, 0) is 0 Å². The van der Waals surface area contributed by atoms with Crippen molar-refractivity contribution in [2.24, 2.45) is 5.92 Å². The summed E-state index contributed by atoms with van der Waals surface area (Å²) in [6.07, 6.45) is 5.85. The summed E-state index contributed by atoms with van der Waals surface area (Å²) in [7, 11) is 4.01. The molecule has 0 aliphatic heterocycles. The molecule has 1 saturated carbocycles. The quantitative estimate of drug-likeness (QED) is 0.654. The van der Waals surface area contributed by atoms with Crippen LogP contribution < -0.4 is 15.5 Å². The molecule has 1 amide bonds. The summed E-state index contributed by atoms with van der Waals surface area (Å²) in [5.74, 6) is 2.00. The van der Waals surface area contributed by atoms with Gasteiger partial charge < -0.3 is 15.5 Å². The maximum Gasteiger partial charge on any atom is 0.269 e. The molecule has 3 aromatic rings.